The molecule has 1 heterocycles. The van der Waals surface area contributed by atoms with E-state index in [1.807, 2.05) is 0 Å². The van der Waals surface area contributed by atoms with Gasteiger partial charge in [0.05, 0.1) is 6.61 Å². The average molecular weight is 232 g/mol. The molecule has 0 bridgehead atoms. The Balaban J connectivity index is 2.44. The minimum Gasteiger partial charge on any atom is -0.387 e. The molecular formula is C5H10FO7P. The molecule has 0 radical (unpaired) electrons. The van der Waals surface area contributed by atoms with Crippen LogP contribution in [0.3, 0.4) is 0 Å². The quantitative estimate of drug-likeness (QED) is 0.438. The van der Waals surface area contributed by atoms with Crippen molar-refractivity contribution in [2.45, 2.75) is 24.7 Å². The highest BCUT2D eigenvalue weighted by Crippen LogP contribution is 2.37. The number of hydrogen-bond donors (Lipinski definition) is 4. The highest BCUT2D eigenvalue weighted by atomic mass is 31.2. The van der Waals surface area contributed by atoms with Gasteiger partial charge in [-0.15, -0.1) is 0 Å². The maximum atomic E-state index is 12.6. The molecule has 7 nitrogen and oxygen atoms in total. The molecule has 0 aromatic carbocycles. The summed E-state index contributed by atoms with van der Waals surface area (Å²) < 4.78 is 31.1. The number of halogens is 1. The molecule has 0 saturated carbocycles. The van der Waals surface area contributed by atoms with Crippen LogP contribution in [0.5, 0.6) is 0 Å². The van der Waals surface area contributed by atoms with Crippen molar-refractivity contribution in [1.29, 1.82) is 0 Å². The molecule has 0 aromatic heterocycles. The summed E-state index contributed by atoms with van der Waals surface area (Å²) >= 11 is 0. The Bertz CT molecular complexity index is 242. The molecule has 1 unspecified atom stereocenters. The van der Waals surface area contributed by atoms with E-state index in [2.05, 4.69) is 9.26 Å². The number of aliphatic hydroxyl groups excluding tert-OH is 2. The zero-order chi connectivity index (χ0) is 10.9. The number of aliphatic hydroxyl groups is 2. The molecule has 4 atom stereocenters. The van der Waals surface area contributed by atoms with E-state index in [9.17, 15) is 8.96 Å². The summed E-state index contributed by atoms with van der Waals surface area (Å²) in [7, 11) is -4.68. The van der Waals surface area contributed by atoms with Gasteiger partial charge in [-0.05, 0) is 0 Å². The van der Waals surface area contributed by atoms with Crippen LogP contribution >= 0.6 is 7.82 Å². The van der Waals surface area contributed by atoms with Gasteiger partial charge in [-0.2, -0.15) is 0 Å². The first-order valence-corrected chi connectivity index (χ1v) is 5.20. The number of alkyl halides is 1. The van der Waals surface area contributed by atoms with Crippen LogP contribution < -0.4 is 0 Å². The van der Waals surface area contributed by atoms with E-state index in [0.717, 1.165) is 0 Å². The molecular weight excluding hydrogens is 222 g/mol. The normalized spacial score (nSPS) is 38.9. The van der Waals surface area contributed by atoms with Crippen LogP contribution in [0.15, 0.2) is 0 Å². The van der Waals surface area contributed by atoms with Gasteiger partial charge >= 0.3 is 7.82 Å². The number of phosphoric acid groups is 1. The Morgan fingerprint density at radius 2 is 1.93 bits per heavy atom. The van der Waals surface area contributed by atoms with Crippen molar-refractivity contribution in [3.63, 3.8) is 0 Å². The second-order valence-electron chi connectivity index (χ2n) is 2.79. The summed E-state index contributed by atoms with van der Waals surface area (Å²) in [5.41, 5.74) is 0. The second kappa shape index (κ2) is 4.19. The van der Waals surface area contributed by atoms with Gasteiger partial charge in [0, 0.05) is 0 Å². The smallest absolute Gasteiger partial charge is 0.387 e. The van der Waals surface area contributed by atoms with Crippen molar-refractivity contribution >= 4 is 7.82 Å². The molecule has 84 valence electrons. The number of hydrogen-bond acceptors (Lipinski definition) is 5. The van der Waals surface area contributed by atoms with Gasteiger partial charge in [-0.25, -0.2) is 8.96 Å². The Labute approximate surface area is 78.3 Å². The molecule has 14 heavy (non-hydrogen) atoms. The van der Waals surface area contributed by atoms with Crippen LogP contribution in [0.1, 0.15) is 0 Å². The molecule has 9 heteroatoms. The molecule has 0 amide bonds. The fourth-order valence-electron chi connectivity index (χ4n) is 1.01. The Morgan fingerprint density at radius 3 is 2.29 bits per heavy atom. The van der Waals surface area contributed by atoms with Crippen molar-refractivity contribution in [2.75, 3.05) is 6.61 Å². The highest BCUT2D eigenvalue weighted by Gasteiger charge is 2.43. The average Bonchev–Trinajstić information content (AvgIpc) is 2.28. The van der Waals surface area contributed by atoms with Gasteiger partial charge in [0.25, 0.3) is 0 Å². The van der Waals surface area contributed by atoms with Crippen molar-refractivity contribution < 1.29 is 38.2 Å². The zero-order valence-corrected chi connectivity index (χ0v) is 7.75. The molecule has 1 fully saturated rings. The first kappa shape index (κ1) is 12.0. The van der Waals surface area contributed by atoms with Gasteiger partial charge in [0.1, 0.15) is 18.3 Å². The lowest BCUT2D eigenvalue weighted by Crippen LogP contribution is -2.33. The predicted octanol–water partition coefficient (Wildman–Crippen LogP) is -1.49. The van der Waals surface area contributed by atoms with Gasteiger partial charge in [-0.3, -0.25) is 4.52 Å². The third kappa shape index (κ3) is 2.96. The summed E-state index contributed by atoms with van der Waals surface area (Å²) in [5.74, 6) is 0. The summed E-state index contributed by atoms with van der Waals surface area (Å²) in [4.78, 5) is 16.6. The third-order valence-corrected chi connectivity index (χ3v) is 2.20. The van der Waals surface area contributed by atoms with Crippen molar-refractivity contribution in [3.8, 4) is 0 Å². The predicted molar refractivity (Wildman–Crippen MR) is 39.8 cm³/mol. The van der Waals surface area contributed by atoms with E-state index >= 15 is 0 Å². The van der Waals surface area contributed by atoms with E-state index in [4.69, 9.17) is 20.0 Å². The summed E-state index contributed by atoms with van der Waals surface area (Å²) in [6.07, 6.45) is -6.64. The SMILES string of the molecule is O=P(O)(O)OC[C@H]1O[C@H](F)C(O)[C@H]1O. The molecule has 0 aromatic rings. The van der Waals surface area contributed by atoms with E-state index in [-0.39, 0.29) is 0 Å². The van der Waals surface area contributed by atoms with Gasteiger partial charge < -0.3 is 24.7 Å². The van der Waals surface area contributed by atoms with Crippen molar-refractivity contribution in [3.05, 3.63) is 0 Å². The fraction of sp³-hybridized carbons (Fsp3) is 1.00. The van der Waals surface area contributed by atoms with Crippen molar-refractivity contribution in [2.24, 2.45) is 0 Å². The lowest BCUT2D eigenvalue weighted by molar-refractivity contribution is -0.0816. The second-order valence-corrected chi connectivity index (χ2v) is 4.03. The van der Waals surface area contributed by atoms with E-state index in [1.54, 1.807) is 0 Å². The molecule has 4 N–H and O–H groups in total. The van der Waals surface area contributed by atoms with Gasteiger partial charge in [0.15, 0.2) is 0 Å². The van der Waals surface area contributed by atoms with Crippen LogP contribution in [0.25, 0.3) is 0 Å². The fourth-order valence-corrected chi connectivity index (χ4v) is 1.35. The van der Waals surface area contributed by atoms with E-state index in [1.165, 1.54) is 0 Å². The van der Waals surface area contributed by atoms with Crippen LogP contribution in [0.2, 0.25) is 0 Å². The molecule has 0 aliphatic carbocycles. The minimum absolute atomic E-state index is 0.692. The van der Waals surface area contributed by atoms with E-state index in [0.29, 0.717) is 0 Å². The Hall–Kier alpha value is -0.0800. The first-order chi connectivity index (χ1) is 6.31. The molecule has 1 aliphatic heterocycles. The molecule has 1 rings (SSSR count). The maximum absolute atomic E-state index is 12.6. The third-order valence-electron chi connectivity index (χ3n) is 1.71. The summed E-state index contributed by atoms with van der Waals surface area (Å²) in [6.45, 7) is -0.692. The van der Waals surface area contributed by atoms with E-state index < -0.39 is 39.1 Å². The number of rotatable bonds is 3. The van der Waals surface area contributed by atoms with Gasteiger partial charge in [-0.1, -0.05) is 0 Å². The molecule has 0 spiro atoms. The Morgan fingerprint density at radius 1 is 1.36 bits per heavy atom. The lowest BCUT2D eigenvalue weighted by Gasteiger charge is -2.14. The van der Waals surface area contributed by atoms with Gasteiger partial charge in [0.2, 0.25) is 6.36 Å². The summed E-state index contributed by atoms with van der Waals surface area (Å²) in [6, 6.07) is 0. The lowest BCUT2D eigenvalue weighted by atomic mass is 10.1. The molecule has 1 saturated heterocycles. The van der Waals surface area contributed by atoms with Crippen LogP contribution in [-0.2, 0) is 13.8 Å². The standard InChI is InChI=1S/C5H10FO7P/c6-5-4(8)3(7)2(13-5)1-12-14(9,10)11/h2-5,7-8H,1H2,(H2,9,10,11)/t2-,3+,4?,5+/m1/s1. The Kier molecular flexibility index (Phi) is 3.59. The van der Waals surface area contributed by atoms with Crippen LogP contribution in [-0.4, -0.2) is 51.3 Å². The van der Waals surface area contributed by atoms with Crippen molar-refractivity contribution in [1.82, 2.24) is 0 Å². The zero-order valence-electron chi connectivity index (χ0n) is 6.86. The monoisotopic (exact) mass is 232 g/mol. The number of ether oxygens (including phenoxy) is 1. The number of phosphoric ester groups is 1. The highest BCUT2D eigenvalue weighted by molar-refractivity contribution is 7.46. The van der Waals surface area contributed by atoms with Crippen LogP contribution in [0, 0.1) is 0 Å². The maximum Gasteiger partial charge on any atom is 0.469 e. The largest absolute Gasteiger partial charge is 0.469 e. The molecule has 1 aliphatic rings. The minimum atomic E-state index is -4.68. The van der Waals surface area contributed by atoms with Crippen LogP contribution in [0.4, 0.5) is 4.39 Å². The first-order valence-electron chi connectivity index (χ1n) is 3.67. The topological polar surface area (TPSA) is 116 Å². The summed E-state index contributed by atoms with van der Waals surface area (Å²) in [5, 5.41) is 17.9.